The SMILES string of the molecule is C=CC1CNc2ccccc2N1. The number of benzene rings is 1. The zero-order valence-corrected chi connectivity index (χ0v) is 6.88. The van der Waals surface area contributed by atoms with Crippen molar-refractivity contribution in [1.82, 2.24) is 0 Å². The van der Waals surface area contributed by atoms with Crippen LogP contribution in [0.1, 0.15) is 0 Å². The first kappa shape index (κ1) is 7.22. The van der Waals surface area contributed by atoms with Gasteiger partial charge >= 0.3 is 0 Å². The number of nitrogens with one attached hydrogen (secondary N) is 2. The maximum absolute atomic E-state index is 3.75. The fraction of sp³-hybridized carbons (Fsp3) is 0.200. The van der Waals surface area contributed by atoms with Gasteiger partial charge in [-0.3, -0.25) is 0 Å². The third-order valence-corrected chi connectivity index (χ3v) is 2.06. The van der Waals surface area contributed by atoms with Crippen molar-refractivity contribution in [2.75, 3.05) is 17.2 Å². The summed E-state index contributed by atoms with van der Waals surface area (Å²) in [6, 6.07) is 8.54. The van der Waals surface area contributed by atoms with E-state index in [0.29, 0.717) is 6.04 Å². The number of anilines is 2. The molecular weight excluding hydrogens is 148 g/mol. The van der Waals surface area contributed by atoms with E-state index in [-0.39, 0.29) is 0 Å². The highest BCUT2D eigenvalue weighted by Gasteiger charge is 2.12. The first-order valence-corrected chi connectivity index (χ1v) is 4.12. The van der Waals surface area contributed by atoms with Crippen LogP contribution in [0.5, 0.6) is 0 Å². The Morgan fingerprint density at radius 3 is 2.83 bits per heavy atom. The molecule has 1 aromatic carbocycles. The molecule has 2 nitrogen and oxygen atoms in total. The van der Waals surface area contributed by atoms with Gasteiger partial charge in [0.1, 0.15) is 0 Å². The minimum absolute atomic E-state index is 0.347. The van der Waals surface area contributed by atoms with Crippen LogP contribution in [0, 0.1) is 0 Å². The molecule has 1 atom stereocenters. The molecule has 2 N–H and O–H groups in total. The zero-order valence-electron chi connectivity index (χ0n) is 6.88. The summed E-state index contributed by atoms with van der Waals surface area (Å²) < 4.78 is 0. The van der Waals surface area contributed by atoms with Gasteiger partial charge in [0.25, 0.3) is 0 Å². The van der Waals surface area contributed by atoms with Crippen molar-refractivity contribution < 1.29 is 0 Å². The van der Waals surface area contributed by atoms with Crippen LogP contribution >= 0.6 is 0 Å². The molecule has 1 aliphatic heterocycles. The highest BCUT2D eigenvalue weighted by Crippen LogP contribution is 2.24. The molecule has 12 heavy (non-hydrogen) atoms. The Kier molecular flexibility index (Phi) is 1.74. The fourth-order valence-corrected chi connectivity index (χ4v) is 1.38. The lowest BCUT2D eigenvalue weighted by Gasteiger charge is -2.25. The molecule has 0 spiro atoms. The lowest BCUT2D eigenvalue weighted by Crippen LogP contribution is -2.30. The second-order valence-corrected chi connectivity index (χ2v) is 2.91. The Labute approximate surface area is 72.3 Å². The van der Waals surface area contributed by atoms with Gasteiger partial charge in [0.15, 0.2) is 0 Å². The van der Waals surface area contributed by atoms with Crippen LogP contribution in [-0.4, -0.2) is 12.6 Å². The van der Waals surface area contributed by atoms with E-state index in [4.69, 9.17) is 0 Å². The van der Waals surface area contributed by atoms with Crippen LogP contribution in [0.15, 0.2) is 36.9 Å². The van der Waals surface area contributed by atoms with Crippen molar-refractivity contribution in [2.45, 2.75) is 6.04 Å². The van der Waals surface area contributed by atoms with Crippen LogP contribution in [0.2, 0.25) is 0 Å². The van der Waals surface area contributed by atoms with Gasteiger partial charge in [-0.2, -0.15) is 0 Å². The molecule has 0 amide bonds. The molecule has 0 radical (unpaired) electrons. The first-order chi connectivity index (χ1) is 5.90. The van der Waals surface area contributed by atoms with Crippen LogP contribution in [0.3, 0.4) is 0 Å². The predicted octanol–water partition coefficient (Wildman–Crippen LogP) is 2.08. The van der Waals surface area contributed by atoms with E-state index in [1.54, 1.807) is 0 Å². The Balaban J connectivity index is 2.28. The van der Waals surface area contributed by atoms with Gasteiger partial charge in [-0.15, -0.1) is 6.58 Å². The molecule has 1 heterocycles. The van der Waals surface area contributed by atoms with Gasteiger partial charge < -0.3 is 10.6 Å². The van der Waals surface area contributed by atoms with Crippen molar-refractivity contribution in [1.29, 1.82) is 0 Å². The average molecular weight is 160 g/mol. The van der Waals surface area contributed by atoms with Crippen molar-refractivity contribution in [2.24, 2.45) is 0 Å². The first-order valence-electron chi connectivity index (χ1n) is 4.12. The van der Waals surface area contributed by atoms with E-state index < -0.39 is 0 Å². The van der Waals surface area contributed by atoms with E-state index in [1.807, 2.05) is 18.2 Å². The zero-order chi connectivity index (χ0) is 8.39. The quantitative estimate of drug-likeness (QED) is 0.614. The summed E-state index contributed by atoms with van der Waals surface area (Å²) in [7, 11) is 0. The van der Waals surface area contributed by atoms with Gasteiger partial charge in [0, 0.05) is 6.54 Å². The van der Waals surface area contributed by atoms with Crippen molar-refractivity contribution >= 4 is 11.4 Å². The van der Waals surface area contributed by atoms with Gasteiger partial charge in [0.2, 0.25) is 0 Å². The summed E-state index contributed by atoms with van der Waals surface area (Å²) in [4.78, 5) is 0. The lowest BCUT2D eigenvalue weighted by molar-refractivity contribution is 0.895. The van der Waals surface area contributed by atoms with Crippen molar-refractivity contribution in [3.05, 3.63) is 36.9 Å². The second-order valence-electron chi connectivity index (χ2n) is 2.91. The largest absolute Gasteiger partial charge is 0.381 e. The highest BCUT2D eigenvalue weighted by molar-refractivity contribution is 5.71. The third-order valence-electron chi connectivity index (χ3n) is 2.06. The molecule has 0 bridgehead atoms. The standard InChI is InChI=1S/C10H12N2/c1-2-8-7-11-9-5-3-4-6-10(9)12-8/h2-6,8,11-12H,1,7H2. The Morgan fingerprint density at radius 2 is 2.08 bits per heavy atom. The second kappa shape index (κ2) is 2.89. The van der Waals surface area contributed by atoms with Crippen LogP contribution in [0.4, 0.5) is 11.4 Å². The minimum Gasteiger partial charge on any atom is -0.381 e. The van der Waals surface area contributed by atoms with Gasteiger partial charge in [-0.25, -0.2) is 0 Å². The van der Waals surface area contributed by atoms with E-state index in [1.165, 1.54) is 5.69 Å². The molecule has 0 fully saturated rings. The normalized spacial score (nSPS) is 20.2. The predicted molar refractivity (Wildman–Crippen MR) is 52.5 cm³/mol. The molecule has 2 heteroatoms. The van der Waals surface area contributed by atoms with Gasteiger partial charge in [-0.1, -0.05) is 18.2 Å². The fourth-order valence-electron chi connectivity index (χ4n) is 1.38. The highest BCUT2D eigenvalue weighted by atomic mass is 15.1. The van der Waals surface area contributed by atoms with Gasteiger partial charge in [-0.05, 0) is 12.1 Å². The molecule has 2 rings (SSSR count). The average Bonchev–Trinajstić information content (AvgIpc) is 2.17. The minimum atomic E-state index is 0.347. The number of hydrogen-bond donors (Lipinski definition) is 2. The summed E-state index contributed by atoms with van der Waals surface area (Å²) in [5.41, 5.74) is 2.34. The third kappa shape index (κ3) is 1.16. The maximum atomic E-state index is 3.75. The Hall–Kier alpha value is -1.44. The van der Waals surface area contributed by atoms with Crippen LogP contribution in [-0.2, 0) is 0 Å². The monoisotopic (exact) mass is 160 g/mol. The summed E-state index contributed by atoms with van der Waals surface area (Å²) in [5.74, 6) is 0. The molecule has 0 aliphatic carbocycles. The summed E-state index contributed by atoms with van der Waals surface area (Å²) >= 11 is 0. The van der Waals surface area contributed by atoms with Crippen molar-refractivity contribution in [3.8, 4) is 0 Å². The van der Waals surface area contributed by atoms with Crippen molar-refractivity contribution in [3.63, 3.8) is 0 Å². The van der Waals surface area contributed by atoms with Crippen LogP contribution in [0.25, 0.3) is 0 Å². The van der Waals surface area contributed by atoms with E-state index in [0.717, 1.165) is 12.2 Å². The topological polar surface area (TPSA) is 24.1 Å². The molecule has 62 valence electrons. The summed E-state index contributed by atoms with van der Waals surface area (Å²) in [6.07, 6.45) is 1.92. The molecular formula is C10H12N2. The molecule has 1 aromatic rings. The number of hydrogen-bond acceptors (Lipinski definition) is 2. The molecule has 1 unspecified atom stereocenters. The summed E-state index contributed by atoms with van der Waals surface area (Å²) in [5, 5.41) is 6.70. The number of rotatable bonds is 1. The van der Waals surface area contributed by atoms with E-state index >= 15 is 0 Å². The number of fused-ring (bicyclic) bond motifs is 1. The summed E-state index contributed by atoms with van der Waals surface area (Å²) in [6.45, 7) is 4.67. The molecule has 0 aromatic heterocycles. The Bertz CT molecular complexity index is 294. The number of para-hydroxylation sites is 2. The Morgan fingerprint density at radius 1 is 1.33 bits per heavy atom. The van der Waals surface area contributed by atoms with Gasteiger partial charge in [0.05, 0.1) is 17.4 Å². The smallest absolute Gasteiger partial charge is 0.0615 e. The van der Waals surface area contributed by atoms with E-state index in [9.17, 15) is 0 Å². The van der Waals surface area contributed by atoms with E-state index in [2.05, 4.69) is 29.3 Å². The lowest BCUT2D eigenvalue weighted by atomic mass is 10.1. The molecule has 0 saturated carbocycles. The maximum Gasteiger partial charge on any atom is 0.0615 e. The van der Waals surface area contributed by atoms with Crippen LogP contribution < -0.4 is 10.6 Å². The molecule has 1 aliphatic rings. The molecule has 0 saturated heterocycles.